The van der Waals surface area contributed by atoms with Gasteiger partial charge in [-0.3, -0.25) is 0 Å². The molecule has 72 valence electrons. The van der Waals surface area contributed by atoms with Crippen LogP contribution < -0.4 is 0 Å². The third-order valence-corrected chi connectivity index (χ3v) is 2.15. The molecule has 0 spiro atoms. The van der Waals surface area contributed by atoms with Crippen molar-refractivity contribution in [3.63, 3.8) is 0 Å². The minimum atomic E-state index is 0.0621. The molecule has 0 amide bonds. The summed E-state index contributed by atoms with van der Waals surface area (Å²) in [6.45, 7) is 2.92. The zero-order valence-electron chi connectivity index (χ0n) is 7.59. The highest BCUT2D eigenvalue weighted by molar-refractivity contribution is 6.31. The lowest BCUT2D eigenvalue weighted by Crippen LogP contribution is -1.99. The van der Waals surface area contributed by atoms with Crippen LogP contribution in [0.5, 0.6) is 0 Å². The predicted octanol–water partition coefficient (Wildman–Crippen LogP) is 2.16. The van der Waals surface area contributed by atoms with Gasteiger partial charge in [-0.15, -0.1) is 0 Å². The molecule has 1 aromatic carbocycles. The van der Waals surface area contributed by atoms with Crippen molar-refractivity contribution in [3.8, 4) is 0 Å². The number of hydrogen-bond donors (Lipinski definition) is 1. The van der Waals surface area contributed by atoms with E-state index in [0.29, 0.717) is 13.2 Å². The van der Waals surface area contributed by atoms with Crippen LogP contribution in [0.4, 0.5) is 0 Å². The number of aliphatic hydroxyl groups is 1. The second-order valence-corrected chi connectivity index (χ2v) is 3.27. The Bertz CT molecular complexity index is 274. The number of benzene rings is 1. The van der Waals surface area contributed by atoms with E-state index >= 15 is 0 Å². The van der Waals surface area contributed by atoms with E-state index in [9.17, 15) is 0 Å². The molecule has 1 rings (SSSR count). The zero-order valence-corrected chi connectivity index (χ0v) is 8.34. The van der Waals surface area contributed by atoms with Crippen LogP contribution in [0.15, 0.2) is 18.2 Å². The molecule has 3 heteroatoms. The van der Waals surface area contributed by atoms with Crippen LogP contribution in [0.25, 0.3) is 0 Å². The molecule has 1 aromatic rings. The molecular formula is C10H13ClO2. The Labute approximate surface area is 83.1 Å². The van der Waals surface area contributed by atoms with Crippen LogP contribution in [-0.4, -0.2) is 18.3 Å². The Morgan fingerprint density at radius 3 is 2.85 bits per heavy atom. The van der Waals surface area contributed by atoms with Gasteiger partial charge in [0.2, 0.25) is 0 Å². The van der Waals surface area contributed by atoms with Crippen molar-refractivity contribution in [3.05, 3.63) is 34.3 Å². The average molecular weight is 201 g/mol. The normalized spacial score (nSPS) is 10.4. The Balaban J connectivity index is 2.53. The third kappa shape index (κ3) is 3.35. The largest absolute Gasteiger partial charge is 0.394 e. The molecule has 13 heavy (non-hydrogen) atoms. The maximum absolute atomic E-state index is 8.50. The first-order chi connectivity index (χ1) is 6.24. The molecule has 2 nitrogen and oxygen atoms in total. The van der Waals surface area contributed by atoms with E-state index in [1.807, 2.05) is 25.1 Å². The highest BCUT2D eigenvalue weighted by atomic mass is 35.5. The summed E-state index contributed by atoms with van der Waals surface area (Å²) in [7, 11) is 0. The lowest BCUT2D eigenvalue weighted by Gasteiger charge is -2.04. The van der Waals surface area contributed by atoms with Gasteiger partial charge in [-0.2, -0.15) is 0 Å². The van der Waals surface area contributed by atoms with Crippen molar-refractivity contribution in [2.75, 3.05) is 13.2 Å². The van der Waals surface area contributed by atoms with Crippen molar-refractivity contribution in [2.45, 2.75) is 13.5 Å². The smallest absolute Gasteiger partial charge is 0.0718 e. The van der Waals surface area contributed by atoms with Crippen molar-refractivity contribution in [1.82, 2.24) is 0 Å². The molecule has 0 heterocycles. The summed E-state index contributed by atoms with van der Waals surface area (Å²) >= 11 is 5.86. The maximum Gasteiger partial charge on any atom is 0.0718 e. The van der Waals surface area contributed by atoms with E-state index in [1.54, 1.807) is 0 Å². The molecule has 0 aliphatic carbocycles. The predicted molar refractivity (Wildman–Crippen MR) is 52.9 cm³/mol. The van der Waals surface area contributed by atoms with Crippen LogP contribution in [0.3, 0.4) is 0 Å². The van der Waals surface area contributed by atoms with Gasteiger partial charge in [-0.05, 0) is 24.1 Å². The number of rotatable bonds is 4. The van der Waals surface area contributed by atoms with Crippen LogP contribution in [0, 0.1) is 6.92 Å². The highest BCUT2D eigenvalue weighted by Crippen LogP contribution is 2.16. The summed E-state index contributed by atoms with van der Waals surface area (Å²) in [6.07, 6.45) is 0. The van der Waals surface area contributed by atoms with Gasteiger partial charge < -0.3 is 9.84 Å². The number of hydrogen-bond acceptors (Lipinski definition) is 2. The summed E-state index contributed by atoms with van der Waals surface area (Å²) in [5.41, 5.74) is 2.13. The molecule has 0 aliphatic heterocycles. The average Bonchev–Trinajstić information content (AvgIpc) is 2.12. The molecular weight excluding hydrogens is 188 g/mol. The maximum atomic E-state index is 8.50. The molecule has 0 radical (unpaired) electrons. The second-order valence-electron chi connectivity index (χ2n) is 2.86. The molecule has 0 aromatic heterocycles. The number of ether oxygens (including phenoxy) is 1. The van der Waals surface area contributed by atoms with E-state index < -0.39 is 0 Å². The van der Waals surface area contributed by atoms with Gasteiger partial charge >= 0.3 is 0 Å². The Hall–Kier alpha value is -0.570. The molecule has 0 atom stereocenters. The quantitative estimate of drug-likeness (QED) is 0.755. The fourth-order valence-electron chi connectivity index (χ4n) is 1.05. The van der Waals surface area contributed by atoms with Gasteiger partial charge in [-0.1, -0.05) is 23.7 Å². The van der Waals surface area contributed by atoms with Crippen molar-refractivity contribution < 1.29 is 9.84 Å². The summed E-state index contributed by atoms with van der Waals surface area (Å²) in [5.74, 6) is 0. The SMILES string of the molecule is Cc1cc(COCCO)ccc1Cl. The van der Waals surface area contributed by atoms with Crippen molar-refractivity contribution in [1.29, 1.82) is 0 Å². The van der Waals surface area contributed by atoms with Gasteiger partial charge in [0.1, 0.15) is 0 Å². The highest BCUT2D eigenvalue weighted by Gasteiger charge is 1.97. The van der Waals surface area contributed by atoms with Crippen molar-refractivity contribution in [2.24, 2.45) is 0 Å². The summed E-state index contributed by atoms with van der Waals surface area (Å²) in [5, 5.41) is 9.27. The van der Waals surface area contributed by atoms with Crippen molar-refractivity contribution >= 4 is 11.6 Å². The molecule has 0 saturated carbocycles. The summed E-state index contributed by atoms with van der Waals surface area (Å²) < 4.78 is 5.17. The fourth-order valence-corrected chi connectivity index (χ4v) is 1.17. The number of aryl methyl sites for hydroxylation is 1. The minimum absolute atomic E-state index is 0.0621. The van der Waals surface area contributed by atoms with Crippen LogP contribution in [-0.2, 0) is 11.3 Å². The van der Waals surface area contributed by atoms with Gasteiger partial charge in [0.05, 0.1) is 19.8 Å². The molecule has 0 fully saturated rings. The van der Waals surface area contributed by atoms with Crippen LogP contribution in [0.1, 0.15) is 11.1 Å². The number of halogens is 1. The lowest BCUT2D eigenvalue weighted by molar-refractivity contribution is 0.0815. The third-order valence-electron chi connectivity index (χ3n) is 1.73. The van der Waals surface area contributed by atoms with E-state index in [2.05, 4.69) is 0 Å². The van der Waals surface area contributed by atoms with Gasteiger partial charge in [0.25, 0.3) is 0 Å². The summed E-state index contributed by atoms with van der Waals surface area (Å²) in [4.78, 5) is 0. The molecule has 0 bridgehead atoms. The standard InChI is InChI=1S/C10H13ClO2/c1-8-6-9(2-3-10(8)11)7-13-5-4-12/h2-3,6,12H,4-5,7H2,1H3. The lowest BCUT2D eigenvalue weighted by atomic mass is 10.1. The Kier molecular flexibility index (Phi) is 4.22. The molecule has 0 saturated heterocycles. The molecule has 0 aliphatic rings. The van der Waals surface area contributed by atoms with E-state index in [1.165, 1.54) is 0 Å². The fraction of sp³-hybridized carbons (Fsp3) is 0.400. The topological polar surface area (TPSA) is 29.5 Å². The van der Waals surface area contributed by atoms with Gasteiger partial charge in [0.15, 0.2) is 0 Å². The monoisotopic (exact) mass is 200 g/mol. The molecule has 1 N–H and O–H groups in total. The Morgan fingerprint density at radius 1 is 1.46 bits per heavy atom. The first-order valence-electron chi connectivity index (χ1n) is 4.17. The zero-order chi connectivity index (χ0) is 9.68. The van der Waals surface area contributed by atoms with Crippen LogP contribution in [0.2, 0.25) is 5.02 Å². The minimum Gasteiger partial charge on any atom is -0.394 e. The molecule has 0 unspecified atom stereocenters. The summed E-state index contributed by atoms with van der Waals surface area (Å²) in [6, 6.07) is 5.76. The Morgan fingerprint density at radius 2 is 2.23 bits per heavy atom. The first-order valence-corrected chi connectivity index (χ1v) is 4.55. The van der Waals surface area contributed by atoms with Gasteiger partial charge in [0, 0.05) is 5.02 Å². The van der Waals surface area contributed by atoms with E-state index in [4.69, 9.17) is 21.4 Å². The van der Waals surface area contributed by atoms with E-state index in [0.717, 1.165) is 16.1 Å². The van der Waals surface area contributed by atoms with Gasteiger partial charge in [-0.25, -0.2) is 0 Å². The number of aliphatic hydroxyl groups excluding tert-OH is 1. The van der Waals surface area contributed by atoms with Crippen LogP contribution >= 0.6 is 11.6 Å². The second kappa shape index (κ2) is 5.22. The first kappa shape index (κ1) is 10.5. The van der Waals surface area contributed by atoms with E-state index in [-0.39, 0.29) is 6.61 Å².